The molecule has 0 aromatic heterocycles. The van der Waals surface area contributed by atoms with Gasteiger partial charge in [-0.3, -0.25) is 0 Å². The van der Waals surface area contributed by atoms with Gasteiger partial charge in [-0.2, -0.15) is 0 Å². The second-order valence-electron chi connectivity index (χ2n) is 4.74. The third kappa shape index (κ3) is 2.26. The third-order valence-electron chi connectivity index (χ3n) is 3.72. The number of ether oxygens (including phenoxy) is 3. The molecule has 1 aromatic carbocycles. The highest BCUT2D eigenvalue weighted by Crippen LogP contribution is 2.52. The van der Waals surface area contributed by atoms with Crippen molar-refractivity contribution in [1.82, 2.24) is 0 Å². The summed E-state index contributed by atoms with van der Waals surface area (Å²) in [6.07, 6.45) is 1.99. The van der Waals surface area contributed by atoms with Crippen molar-refractivity contribution in [2.75, 3.05) is 27.9 Å². The Bertz CT molecular complexity index is 494. The zero-order valence-electron chi connectivity index (χ0n) is 11.5. The van der Waals surface area contributed by atoms with Crippen molar-refractivity contribution in [2.24, 2.45) is 5.73 Å². The monoisotopic (exact) mass is 265 g/mol. The summed E-state index contributed by atoms with van der Waals surface area (Å²) < 4.78 is 15.5. The minimum atomic E-state index is -0.393. The van der Waals surface area contributed by atoms with E-state index in [9.17, 15) is 4.79 Å². The van der Waals surface area contributed by atoms with Gasteiger partial charge in [0.15, 0.2) is 11.5 Å². The molecule has 1 fully saturated rings. The molecule has 1 aliphatic rings. The average molecular weight is 265 g/mol. The molecule has 2 N–H and O–H groups in total. The van der Waals surface area contributed by atoms with Crippen molar-refractivity contribution < 1.29 is 19.0 Å². The number of carbonyl (C=O) groups is 1. The average Bonchev–Trinajstić information content (AvgIpc) is 3.25. The van der Waals surface area contributed by atoms with Crippen molar-refractivity contribution in [3.63, 3.8) is 0 Å². The van der Waals surface area contributed by atoms with Crippen LogP contribution in [0.15, 0.2) is 12.1 Å². The molecule has 1 aliphatic carbocycles. The number of esters is 1. The smallest absolute Gasteiger partial charge is 0.337 e. The SMILES string of the molecule is COC(=O)c1cc(OC)c(OC)c(C2(CN)CC2)c1. The molecule has 0 atom stereocenters. The largest absolute Gasteiger partial charge is 0.493 e. The molecule has 0 radical (unpaired) electrons. The minimum absolute atomic E-state index is 0.0946. The summed E-state index contributed by atoms with van der Waals surface area (Å²) in [5, 5.41) is 0. The molecule has 5 nitrogen and oxygen atoms in total. The van der Waals surface area contributed by atoms with Crippen molar-refractivity contribution in [1.29, 1.82) is 0 Å². The predicted molar refractivity (Wildman–Crippen MR) is 70.9 cm³/mol. The van der Waals surface area contributed by atoms with Crippen LogP contribution in [0.3, 0.4) is 0 Å². The zero-order valence-corrected chi connectivity index (χ0v) is 11.5. The Morgan fingerprint density at radius 2 is 1.95 bits per heavy atom. The fourth-order valence-corrected chi connectivity index (χ4v) is 2.33. The maximum absolute atomic E-state index is 11.7. The summed E-state index contributed by atoms with van der Waals surface area (Å²) >= 11 is 0. The number of methoxy groups -OCH3 is 3. The van der Waals surface area contributed by atoms with E-state index in [1.165, 1.54) is 7.11 Å². The Kier molecular flexibility index (Phi) is 3.66. The van der Waals surface area contributed by atoms with Crippen molar-refractivity contribution in [2.45, 2.75) is 18.3 Å². The Balaban J connectivity index is 2.58. The predicted octanol–water partition coefficient (Wildman–Crippen LogP) is 1.48. The van der Waals surface area contributed by atoms with Gasteiger partial charge in [0, 0.05) is 17.5 Å². The highest BCUT2D eigenvalue weighted by atomic mass is 16.5. The van der Waals surface area contributed by atoms with Crippen molar-refractivity contribution >= 4 is 5.97 Å². The Hall–Kier alpha value is -1.75. The van der Waals surface area contributed by atoms with E-state index in [1.807, 2.05) is 0 Å². The van der Waals surface area contributed by atoms with E-state index in [-0.39, 0.29) is 5.41 Å². The highest BCUT2D eigenvalue weighted by molar-refractivity contribution is 5.90. The van der Waals surface area contributed by atoms with E-state index in [0.717, 1.165) is 18.4 Å². The summed E-state index contributed by atoms with van der Waals surface area (Å²) in [4.78, 5) is 11.7. The maximum atomic E-state index is 11.7. The number of hydrogen-bond donors (Lipinski definition) is 1. The molecule has 104 valence electrons. The van der Waals surface area contributed by atoms with Crippen LogP contribution in [-0.4, -0.2) is 33.8 Å². The zero-order chi connectivity index (χ0) is 14.0. The molecule has 2 rings (SSSR count). The fourth-order valence-electron chi connectivity index (χ4n) is 2.33. The summed E-state index contributed by atoms with van der Waals surface area (Å²) in [5.41, 5.74) is 7.15. The molecule has 0 bridgehead atoms. The molecule has 1 aromatic rings. The first kappa shape index (κ1) is 13.7. The number of benzene rings is 1. The van der Waals surface area contributed by atoms with Gasteiger partial charge in [-0.15, -0.1) is 0 Å². The van der Waals surface area contributed by atoms with Gasteiger partial charge in [-0.05, 0) is 25.0 Å². The van der Waals surface area contributed by atoms with Gasteiger partial charge in [-0.1, -0.05) is 0 Å². The van der Waals surface area contributed by atoms with Crippen LogP contribution in [0.4, 0.5) is 0 Å². The first-order chi connectivity index (χ1) is 9.11. The van der Waals surface area contributed by atoms with Crippen LogP contribution in [0.2, 0.25) is 0 Å². The molecule has 0 aliphatic heterocycles. The normalized spacial score (nSPS) is 15.8. The van der Waals surface area contributed by atoms with Gasteiger partial charge in [-0.25, -0.2) is 4.79 Å². The molecule has 1 saturated carbocycles. The fraction of sp³-hybridized carbons (Fsp3) is 0.500. The summed E-state index contributed by atoms with van der Waals surface area (Å²) in [7, 11) is 4.49. The molecule has 0 spiro atoms. The summed E-state index contributed by atoms with van der Waals surface area (Å²) in [5.74, 6) is 0.785. The van der Waals surface area contributed by atoms with E-state index in [4.69, 9.17) is 19.9 Å². The lowest BCUT2D eigenvalue weighted by Crippen LogP contribution is -2.21. The van der Waals surface area contributed by atoms with E-state index >= 15 is 0 Å². The third-order valence-corrected chi connectivity index (χ3v) is 3.72. The van der Waals surface area contributed by atoms with Gasteiger partial charge in [0.2, 0.25) is 0 Å². The van der Waals surface area contributed by atoms with Gasteiger partial charge < -0.3 is 19.9 Å². The van der Waals surface area contributed by atoms with Crippen LogP contribution >= 0.6 is 0 Å². The lowest BCUT2D eigenvalue weighted by molar-refractivity contribution is 0.0600. The lowest BCUT2D eigenvalue weighted by atomic mass is 9.93. The Labute approximate surface area is 112 Å². The lowest BCUT2D eigenvalue weighted by Gasteiger charge is -2.20. The number of rotatable bonds is 5. The van der Waals surface area contributed by atoms with Crippen molar-refractivity contribution in [3.05, 3.63) is 23.3 Å². The van der Waals surface area contributed by atoms with Crippen LogP contribution in [0.1, 0.15) is 28.8 Å². The molecule has 5 heteroatoms. The second kappa shape index (κ2) is 5.09. The van der Waals surface area contributed by atoms with Crippen LogP contribution in [-0.2, 0) is 10.2 Å². The molecule has 0 saturated heterocycles. The molecule has 0 heterocycles. The van der Waals surface area contributed by atoms with Crippen LogP contribution in [0, 0.1) is 0 Å². The first-order valence-electron chi connectivity index (χ1n) is 6.16. The molecule has 0 amide bonds. The number of hydrogen-bond acceptors (Lipinski definition) is 5. The maximum Gasteiger partial charge on any atom is 0.337 e. The van der Waals surface area contributed by atoms with Gasteiger partial charge in [0.1, 0.15) is 0 Å². The van der Waals surface area contributed by atoms with E-state index in [2.05, 4.69) is 0 Å². The van der Waals surface area contributed by atoms with Gasteiger partial charge in [0.05, 0.1) is 26.9 Å². The van der Waals surface area contributed by atoms with Crippen LogP contribution < -0.4 is 15.2 Å². The molecular weight excluding hydrogens is 246 g/mol. The van der Waals surface area contributed by atoms with Crippen LogP contribution in [0.25, 0.3) is 0 Å². The minimum Gasteiger partial charge on any atom is -0.493 e. The van der Waals surface area contributed by atoms with E-state index in [1.54, 1.807) is 26.4 Å². The van der Waals surface area contributed by atoms with E-state index < -0.39 is 5.97 Å². The molecular formula is C14H19NO4. The number of nitrogens with two attached hydrogens (primary N) is 1. The van der Waals surface area contributed by atoms with Crippen molar-refractivity contribution in [3.8, 4) is 11.5 Å². The Morgan fingerprint density at radius 1 is 1.26 bits per heavy atom. The second-order valence-corrected chi connectivity index (χ2v) is 4.74. The highest BCUT2D eigenvalue weighted by Gasteiger charge is 2.46. The Morgan fingerprint density at radius 3 is 2.37 bits per heavy atom. The quantitative estimate of drug-likeness (QED) is 0.816. The van der Waals surface area contributed by atoms with Gasteiger partial charge in [0.25, 0.3) is 0 Å². The summed E-state index contributed by atoms with van der Waals surface area (Å²) in [6.45, 7) is 0.525. The number of carbonyl (C=O) groups excluding carboxylic acids is 1. The van der Waals surface area contributed by atoms with E-state index in [0.29, 0.717) is 23.6 Å². The standard InChI is InChI=1S/C14H19NO4/c1-17-11-7-9(13(16)19-3)6-10(12(11)18-2)14(8-15)4-5-14/h6-7H,4-5,8,15H2,1-3H3. The first-order valence-corrected chi connectivity index (χ1v) is 6.16. The van der Waals surface area contributed by atoms with Gasteiger partial charge >= 0.3 is 5.97 Å². The summed E-state index contributed by atoms with van der Waals surface area (Å²) in [6, 6.07) is 3.42. The van der Waals surface area contributed by atoms with Crippen LogP contribution in [0.5, 0.6) is 11.5 Å². The molecule has 19 heavy (non-hydrogen) atoms. The topological polar surface area (TPSA) is 70.8 Å². The molecule has 0 unspecified atom stereocenters.